The molecule has 1 aromatic carbocycles. The molecule has 0 radical (unpaired) electrons. The van der Waals surface area contributed by atoms with Crippen molar-refractivity contribution in [2.75, 3.05) is 23.3 Å². The smallest absolute Gasteiger partial charge is 0.283 e. The maximum absolute atomic E-state index is 13.3. The zero-order valence-electron chi connectivity index (χ0n) is 15.1. The van der Waals surface area contributed by atoms with Gasteiger partial charge in [0.05, 0.1) is 22.8 Å². The van der Waals surface area contributed by atoms with Crippen LogP contribution in [0.1, 0.15) is 37.6 Å². The molecule has 2 N–H and O–H groups in total. The van der Waals surface area contributed by atoms with Gasteiger partial charge in [-0.2, -0.15) is 0 Å². The first-order valence-electron chi connectivity index (χ1n) is 9.10. The lowest BCUT2D eigenvalue weighted by molar-refractivity contribution is -0.910. The molecule has 2 aliphatic heterocycles. The molecule has 0 bridgehead atoms. The number of amides is 2. The van der Waals surface area contributed by atoms with Gasteiger partial charge in [0.15, 0.2) is 6.54 Å². The summed E-state index contributed by atoms with van der Waals surface area (Å²) < 4.78 is 0. The number of para-hydroxylation sites is 2. The van der Waals surface area contributed by atoms with Crippen LogP contribution in [0, 0.1) is 0 Å². The molecule has 2 amide bonds. The van der Waals surface area contributed by atoms with Crippen molar-refractivity contribution in [1.82, 2.24) is 0 Å². The average molecular weight is 370 g/mol. The van der Waals surface area contributed by atoms with E-state index in [4.69, 9.17) is 0 Å². The molecule has 26 heavy (non-hydrogen) atoms. The van der Waals surface area contributed by atoms with Crippen LogP contribution in [-0.2, 0) is 9.59 Å². The topological polar surface area (TPSA) is 53.9 Å². The maximum atomic E-state index is 13.3. The first-order chi connectivity index (χ1) is 12.5. The van der Waals surface area contributed by atoms with E-state index in [0.29, 0.717) is 18.3 Å². The van der Waals surface area contributed by atoms with Crippen molar-refractivity contribution in [3.63, 3.8) is 0 Å². The third-order valence-corrected chi connectivity index (χ3v) is 6.49. The molecule has 136 valence electrons. The van der Waals surface area contributed by atoms with Crippen LogP contribution in [0.15, 0.2) is 41.8 Å². The predicted molar refractivity (Wildman–Crippen MR) is 104 cm³/mol. The van der Waals surface area contributed by atoms with Gasteiger partial charge in [0.2, 0.25) is 5.91 Å². The molecular formula is C20H24N3O2S+. The summed E-state index contributed by atoms with van der Waals surface area (Å²) in [5.74, 6) is -0.133. The van der Waals surface area contributed by atoms with Crippen molar-refractivity contribution >= 4 is 34.5 Å². The summed E-state index contributed by atoms with van der Waals surface area (Å²) in [6.07, 6.45) is 2.25. The molecule has 0 aliphatic carbocycles. The van der Waals surface area contributed by atoms with Crippen molar-refractivity contribution in [2.45, 2.75) is 38.3 Å². The monoisotopic (exact) mass is 370 g/mol. The zero-order valence-corrected chi connectivity index (χ0v) is 15.9. The van der Waals surface area contributed by atoms with E-state index < -0.39 is 5.54 Å². The number of benzene rings is 1. The minimum absolute atomic E-state index is 0.00996. The number of carbonyl (C=O) groups excluding carboxylic acids is 2. The first kappa shape index (κ1) is 17.2. The van der Waals surface area contributed by atoms with Gasteiger partial charge in [-0.25, -0.2) is 0 Å². The second kappa shape index (κ2) is 6.52. The average Bonchev–Trinajstić information content (AvgIpc) is 3.26. The maximum Gasteiger partial charge on any atom is 0.283 e. The lowest BCUT2D eigenvalue weighted by atomic mass is 9.96. The number of thiophene rings is 1. The lowest BCUT2D eigenvalue weighted by Gasteiger charge is -2.42. The Labute approximate surface area is 157 Å². The lowest BCUT2D eigenvalue weighted by Crippen LogP contribution is -3.11. The second-order valence-electron chi connectivity index (χ2n) is 7.55. The van der Waals surface area contributed by atoms with Crippen molar-refractivity contribution in [2.24, 2.45) is 0 Å². The second-order valence-corrected chi connectivity index (χ2v) is 8.53. The van der Waals surface area contributed by atoms with E-state index in [2.05, 4.69) is 22.8 Å². The van der Waals surface area contributed by atoms with Gasteiger partial charge >= 0.3 is 0 Å². The number of anilines is 2. The van der Waals surface area contributed by atoms with Crippen LogP contribution >= 0.6 is 11.3 Å². The number of carbonyl (C=O) groups is 2. The van der Waals surface area contributed by atoms with Crippen LogP contribution in [0.3, 0.4) is 0 Å². The summed E-state index contributed by atoms with van der Waals surface area (Å²) in [6.45, 7) is 5.03. The minimum Gasteiger partial charge on any atom is -0.322 e. The summed E-state index contributed by atoms with van der Waals surface area (Å²) in [5.41, 5.74) is 0.591. The summed E-state index contributed by atoms with van der Waals surface area (Å²) in [7, 11) is 0. The number of nitrogens with zero attached hydrogens (tertiary/aromatic N) is 1. The van der Waals surface area contributed by atoms with Gasteiger partial charge in [-0.3, -0.25) is 14.5 Å². The van der Waals surface area contributed by atoms with Gasteiger partial charge in [0.25, 0.3) is 5.91 Å². The molecule has 0 spiro atoms. The van der Waals surface area contributed by atoms with E-state index in [0.717, 1.165) is 25.1 Å². The van der Waals surface area contributed by atoms with Crippen molar-refractivity contribution in [1.29, 1.82) is 0 Å². The van der Waals surface area contributed by atoms with Crippen molar-refractivity contribution in [3.05, 3.63) is 46.7 Å². The Hall–Kier alpha value is -2.18. The Balaban J connectivity index is 1.62. The standard InChI is InChI=1S/C20H23N3O2S/c1-20(2)19(25)21-14-7-3-4-8-15(14)23(20)18(24)13-22-11-5-9-16(22)17-10-6-12-26-17/h3-4,6-8,10,12,16H,5,9,11,13H2,1-2H3,(H,21,25)/p+1/t16-/m0/s1. The van der Waals surface area contributed by atoms with E-state index in [-0.39, 0.29) is 11.8 Å². The number of fused-ring (bicyclic) bond motifs is 1. The van der Waals surface area contributed by atoms with Crippen molar-refractivity contribution in [3.8, 4) is 0 Å². The van der Waals surface area contributed by atoms with Gasteiger partial charge in [-0.05, 0) is 37.4 Å². The fourth-order valence-electron chi connectivity index (χ4n) is 4.13. The highest BCUT2D eigenvalue weighted by Gasteiger charge is 2.45. The molecule has 1 unspecified atom stereocenters. The van der Waals surface area contributed by atoms with E-state index in [1.54, 1.807) is 16.2 Å². The number of nitrogens with one attached hydrogen (secondary N) is 2. The highest BCUT2D eigenvalue weighted by atomic mass is 32.1. The molecule has 2 aromatic rings. The molecule has 0 saturated carbocycles. The fraction of sp³-hybridized carbons (Fsp3) is 0.400. The van der Waals surface area contributed by atoms with E-state index in [9.17, 15) is 9.59 Å². The molecule has 3 heterocycles. The molecule has 5 nitrogen and oxygen atoms in total. The fourth-order valence-corrected chi connectivity index (χ4v) is 5.05. The Morgan fingerprint density at radius 3 is 2.88 bits per heavy atom. The predicted octanol–water partition coefficient (Wildman–Crippen LogP) is 2.23. The van der Waals surface area contributed by atoms with Crippen LogP contribution in [0.4, 0.5) is 11.4 Å². The highest BCUT2D eigenvalue weighted by Crippen LogP contribution is 2.36. The highest BCUT2D eigenvalue weighted by molar-refractivity contribution is 7.10. The van der Waals surface area contributed by atoms with Crippen LogP contribution < -0.4 is 15.1 Å². The molecule has 1 saturated heterocycles. The summed E-state index contributed by atoms with van der Waals surface area (Å²) in [6, 6.07) is 12.2. The molecule has 6 heteroatoms. The number of rotatable bonds is 3. The largest absolute Gasteiger partial charge is 0.322 e. The van der Waals surface area contributed by atoms with Crippen LogP contribution in [0.25, 0.3) is 0 Å². The van der Waals surface area contributed by atoms with Gasteiger partial charge in [0, 0.05) is 12.8 Å². The Morgan fingerprint density at radius 2 is 2.12 bits per heavy atom. The number of hydrogen-bond donors (Lipinski definition) is 2. The molecule has 4 rings (SSSR count). The Bertz CT molecular complexity index is 831. The first-order valence-corrected chi connectivity index (χ1v) is 9.98. The summed E-state index contributed by atoms with van der Waals surface area (Å²) in [4.78, 5) is 30.2. The molecule has 1 fully saturated rings. The quantitative estimate of drug-likeness (QED) is 0.871. The zero-order chi connectivity index (χ0) is 18.3. The molecule has 2 atom stereocenters. The Kier molecular flexibility index (Phi) is 4.32. The van der Waals surface area contributed by atoms with E-state index in [1.807, 2.05) is 38.1 Å². The number of hydrogen-bond acceptors (Lipinski definition) is 3. The number of quaternary nitrogens is 1. The number of likely N-dealkylation sites (tertiary alicyclic amines) is 1. The van der Waals surface area contributed by atoms with E-state index in [1.165, 1.54) is 9.78 Å². The molecule has 1 aromatic heterocycles. The van der Waals surface area contributed by atoms with E-state index >= 15 is 0 Å². The normalized spacial score (nSPS) is 24.2. The van der Waals surface area contributed by atoms with Gasteiger partial charge in [-0.15, -0.1) is 11.3 Å². The summed E-state index contributed by atoms with van der Waals surface area (Å²) >= 11 is 1.77. The third kappa shape index (κ3) is 2.83. The SMILES string of the molecule is CC1(C)C(=O)Nc2ccccc2N1C(=O)C[NH+]1CCC[C@H]1c1cccs1. The third-order valence-electron chi connectivity index (χ3n) is 5.51. The van der Waals surface area contributed by atoms with Crippen molar-refractivity contribution < 1.29 is 14.5 Å². The van der Waals surface area contributed by atoms with Gasteiger partial charge in [0.1, 0.15) is 11.6 Å². The van der Waals surface area contributed by atoms with Gasteiger partial charge < -0.3 is 10.2 Å². The molecular weight excluding hydrogens is 346 g/mol. The van der Waals surface area contributed by atoms with Crippen LogP contribution in [0.2, 0.25) is 0 Å². The van der Waals surface area contributed by atoms with Gasteiger partial charge in [-0.1, -0.05) is 18.2 Å². The minimum atomic E-state index is -0.900. The molecule has 2 aliphatic rings. The Morgan fingerprint density at radius 1 is 1.31 bits per heavy atom. The summed E-state index contributed by atoms with van der Waals surface area (Å²) in [5, 5.41) is 5.02. The van der Waals surface area contributed by atoms with Crippen LogP contribution in [0.5, 0.6) is 0 Å². The van der Waals surface area contributed by atoms with Crippen LogP contribution in [-0.4, -0.2) is 30.4 Å².